The van der Waals surface area contributed by atoms with E-state index in [1.54, 1.807) is 0 Å². The van der Waals surface area contributed by atoms with Gasteiger partial charge in [-0.05, 0) is 42.3 Å². The Morgan fingerprint density at radius 3 is 2.78 bits per heavy atom. The number of hydrogen-bond acceptors (Lipinski definition) is 2. The van der Waals surface area contributed by atoms with Crippen molar-refractivity contribution in [2.45, 2.75) is 13.3 Å². The van der Waals surface area contributed by atoms with Gasteiger partial charge in [0.2, 0.25) is 0 Å². The van der Waals surface area contributed by atoms with Gasteiger partial charge in [0.15, 0.2) is 0 Å². The van der Waals surface area contributed by atoms with Crippen LogP contribution in [-0.2, 0) is 6.42 Å². The Hall–Kier alpha value is -1.79. The van der Waals surface area contributed by atoms with Crippen molar-refractivity contribution in [3.8, 4) is 17.6 Å². The molecule has 90 valence electrons. The number of nitriles is 1. The molecule has 0 unspecified atom stereocenters. The van der Waals surface area contributed by atoms with Crippen molar-refractivity contribution < 1.29 is 4.74 Å². The quantitative estimate of drug-likeness (QED) is 0.829. The van der Waals surface area contributed by atoms with Gasteiger partial charge in [0.1, 0.15) is 11.5 Å². The lowest BCUT2D eigenvalue weighted by atomic mass is 10.1. The summed E-state index contributed by atoms with van der Waals surface area (Å²) in [6.45, 7) is 1.99. The van der Waals surface area contributed by atoms with E-state index in [9.17, 15) is 0 Å². The van der Waals surface area contributed by atoms with E-state index in [2.05, 4.69) is 22.0 Å². The van der Waals surface area contributed by atoms with Gasteiger partial charge in [-0.25, -0.2) is 0 Å². The fraction of sp³-hybridized carbons (Fsp3) is 0.133. The SMILES string of the molecule is Cc1ccc(CC#N)cc1Oc1cccc(Br)c1. The molecule has 0 aliphatic rings. The molecule has 0 bridgehead atoms. The zero-order valence-electron chi connectivity index (χ0n) is 9.98. The van der Waals surface area contributed by atoms with Gasteiger partial charge in [-0.2, -0.15) is 5.26 Å². The highest BCUT2D eigenvalue weighted by Gasteiger charge is 2.03. The van der Waals surface area contributed by atoms with Gasteiger partial charge in [-0.3, -0.25) is 0 Å². The first-order valence-electron chi connectivity index (χ1n) is 5.59. The number of halogens is 1. The lowest BCUT2D eigenvalue weighted by Gasteiger charge is -2.10. The van der Waals surface area contributed by atoms with Crippen LogP contribution in [0.3, 0.4) is 0 Å². The van der Waals surface area contributed by atoms with E-state index in [1.807, 2.05) is 49.4 Å². The molecule has 2 rings (SSSR count). The monoisotopic (exact) mass is 301 g/mol. The zero-order valence-corrected chi connectivity index (χ0v) is 11.6. The van der Waals surface area contributed by atoms with E-state index in [0.717, 1.165) is 27.1 Å². The first-order chi connectivity index (χ1) is 8.69. The molecule has 0 aliphatic heterocycles. The zero-order chi connectivity index (χ0) is 13.0. The number of ether oxygens (including phenoxy) is 1. The third kappa shape index (κ3) is 3.12. The summed E-state index contributed by atoms with van der Waals surface area (Å²) in [5.74, 6) is 1.57. The Kier molecular flexibility index (Phi) is 4.01. The first kappa shape index (κ1) is 12.7. The molecule has 0 spiro atoms. The van der Waals surface area contributed by atoms with Crippen LogP contribution in [0.2, 0.25) is 0 Å². The summed E-state index contributed by atoms with van der Waals surface area (Å²) in [6, 6.07) is 15.7. The minimum atomic E-state index is 0.398. The van der Waals surface area contributed by atoms with Gasteiger partial charge in [0.05, 0.1) is 12.5 Å². The second-order valence-corrected chi connectivity index (χ2v) is 4.91. The minimum Gasteiger partial charge on any atom is -0.457 e. The molecule has 0 aliphatic carbocycles. The maximum Gasteiger partial charge on any atom is 0.130 e. The van der Waals surface area contributed by atoms with E-state index >= 15 is 0 Å². The molecule has 0 heterocycles. The average Bonchev–Trinajstić information content (AvgIpc) is 2.34. The highest BCUT2D eigenvalue weighted by molar-refractivity contribution is 9.10. The molecule has 0 radical (unpaired) electrons. The van der Waals surface area contributed by atoms with Crippen molar-refractivity contribution in [1.82, 2.24) is 0 Å². The van der Waals surface area contributed by atoms with Gasteiger partial charge in [-0.1, -0.05) is 34.1 Å². The summed E-state index contributed by atoms with van der Waals surface area (Å²) < 4.78 is 6.82. The maximum absolute atomic E-state index is 8.71. The number of benzene rings is 2. The second kappa shape index (κ2) is 5.70. The molecule has 0 atom stereocenters. The predicted octanol–water partition coefficient (Wildman–Crippen LogP) is 4.62. The fourth-order valence-electron chi connectivity index (χ4n) is 1.61. The Morgan fingerprint density at radius 2 is 2.06 bits per heavy atom. The molecular weight excluding hydrogens is 290 g/mol. The van der Waals surface area contributed by atoms with Crippen LogP contribution in [0.4, 0.5) is 0 Å². The smallest absolute Gasteiger partial charge is 0.130 e. The molecule has 2 aromatic carbocycles. The summed E-state index contributed by atoms with van der Waals surface area (Å²) in [7, 11) is 0. The summed E-state index contributed by atoms with van der Waals surface area (Å²) in [6.07, 6.45) is 0.398. The molecule has 2 nitrogen and oxygen atoms in total. The van der Waals surface area contributed by atoms with Gasteiger partial charge in [-0.15, -0.1) is 0 Å². The molecule has 2 aromatic rings. The lowest BCUT2D eigenvalue weighted by molar-refractivity contribution is 0.478. The van der Waals surface area contributed by atoms with Crippen molar-refractivity contribution in [3.05, 3.63) is 58.1 Å². The van der Waals surface area contributed by atoms with Crippen LogP contribution in [0, 0.1) is 18.3 Å². The molecule has 0 saturated heterocycles. The van der Waals surface area contributed by atoms with Crippen molar-refractivity contribution in [3.63, 3.8) is 0 Å². The van der Waals surface area contributed by atoms with Gasteiger partial charge < -0.3 is 4.74 Å². The number of rotatable bonds is 3. The number of aryl methyl sites for hydroxylation is 1. The van der Waals surface area contributed by atoms with E-state index < -0.39 is 0 Å². The molecule has 0 amide bonds. The summed E-state index contributed by atoms with van der Waals surface area (Å²) in [4.78, 5) is 0. The van der Waals surface area contributed by atoms with Crippen molar-refractivity contribution in [2.75, 3.05) is 0 Å². The Morgan fingerprint density at radius 1 is 1.22 bits per heavy atom. The van der Waals surface area contributed by atoms with Gasteiger partial charge in [0, 0.05) is 4.47 Å². The first-order valence-corrected chi connectivity index (χ1v) is 6.38. The third-order valence-electron chi connectivity index (χ3n) is 2.56. The Balaban J connectivity index is 2.28. The van der Waals surface area contributed by atoms with Crippen LogP contribution in [0.5, 0.6) is 11.5 Å². The Bertz CT molecular complexity index is 602. The molecule has 0 fully saturated rings. The van der Waals surface area contributed by atoms with E-state index in [1.165, 1.54) is 0 Å². The molecular formula is C15H12BrNO. The summed E-state index contributed by atoms with van der Waals surface area (Å²) in [5.41, 5.74) is 2.02. The largest absolute Gasteiger partial charge is 0.457 e. The summed E-state index contributed by atoms with van der Waals surface area (Å²) in [5, 5.41) is 8.71. The normalized spacial score (nSPS) is 9.83. The standard InChI is InChI=1S/C15H12BrNO/c1-11-5-6-12(7-8-17)9-15(11)18-14-4-2-3-13(16)10-14/h2-6,9-10H,7H2,1H3. The molecule has 3 heteroatoms. The van der Waals surface area contributed by atoms with E-state index in [4.69, 9.17) is 10.00 Å². The fourth-order valence-corrected chi connectivity index (χ4v) is 1.99. The topological polar surface area (TPSA) is 33.0 Å². The van der Waals surface area contributed by atoms with Crippen LogP contribution >= 0.6 is 15.9 Å². The lowest BCUT2D eigenvalue weighted by Crippen LogP contribution is -1.90. The molecule has 0 saturated carbocycles. The highest BCUT2D eigenvalue weighted by atomic mass is 79.9. The van der Waals surface area contributed by atoms with Crippen LogP contribution in [0.25, 0.3) is 0 Å². The average molecular weight is 302 g/mol. The molecule has 0 aromatic heterocycles. The predicted molar refractivity (Wildman–Crippen MR) is 74.7 cm³/mol. The van der Waals surface area contributed by atoms with Crippen LogP contribution in [0.1, 0.15) is 11.1 Å². The minimum absolute atomic E-state index is 0.398. The highest BCUT2D eigenvalue weighted by Crippen LogP contribution is 2.28. The van der Waals surface area contributed by atoms with Crippen LogP contribution in [0.15, 0.2) is 46.9 Å². The molecule has 18 heavy (non-hydrogen) atoms. The van der Waals surface area contributed by atoms with Crippen molar-refractivity contribution in [1.29, 1.82) is 5.26 Å². The van der Waals surface area contributed by atoms with E-state index in [-0.39, 0.29) is 0 Å². The Labute approximate surface area is 115 Å². The third-order valence-corrected chi connectivity index (χ3v) is 3.05. The second-order valence-electron chi connectivity index (χ2n) is 3.99. The number of hydrogen-bond donors (Lipinski definition) is 0. The maximum atomic E-state index is 8.71. The van der Waals surface area contributed by atoms with Crippen molar-refractivity contribution >= 4 is 15.9 Å². The van der Waals surface area contributed by atoms with Gasteiger partial charge >= 0.3 is 0 Å². The molecule has 0 N–H and O–H groups in total. The van der Waals surface area contributed by atoms with Crippen LogP contribution < -0.4 is 4.74 Å². The van der Waals surface area contributed by atoms with Crippen LogP contribution in [-0.4, -0.2) is 0 Å². The van der Waals surface area contributed by atoms with Crippen molar-refractivity contribution in [2.24, 2.45) is 0 Å². The van der Waals surface area contributed by atoms with Gasteiger partial charge in [0.25, 0.3) is 0 Å². The summed E-state index contributed by atoms with van der Waals surface area (Å²) >= 11 is 3.41. The van der Waals surface area contributed by atoms with E-state index in [0.29, 0.717) is 6.42 Å². The number of nitrogens with zero attached hydrogens (tertiary/aromatic N) is 1.